The number of rotatable bonds is 4. The van der Waals surface area contributed by atoms with E-state index in [1.807, 2.05) is 17.9 Å². The van der Waals surface area contributed by atoms with Gasteiger partial charge < -0.3 is 11.1 Å². The number of hydrogen-bond donors (Lipinski definition) is 2. The molecule has 142 valence electrons. The topological polar surface area (TPSA) is 71.5 Å². The molecule has 7 heteroatoms. The molecule has 2 atom stereocenters. The summed E-state index contributed by atoms with van der Waals surface area (Å²) < 4.78 is 1.99. The summed E-state index contributed by atoms with van der Waals surface area (Å²) >= 11 is 0. The molecule has 0 unspecified atom stereocenters. The Hall–Kier alpha value is -0.830. The summed E-state index contributed by atoms with van der Waals surface area (Å²) in [7, 11) is 4.23. The second kappa shape index (κ2) is 9.75. The molecule has 2 aliphatic rings. The fourth-order valence-corrected chi connectivity index (χ4v) is 4.31. The average molecular weight is 460 g/mol. The van der Waals surface area contributed by atoms with Crippen LogP contribution in [0.2, 0.25) is 0 Å². The van der Waals surface area contributed by atoms with Gasteiger partial charge in [-0.15, -0.1) is 24.0 Å². The summed E-state index contributed by atoms with van der Waals surface area (Å²) in [4.78, 5) is 7.13. The van der Waals surface area contributed by atoms with E-state index in [4.69, 9.17) is 10.7 Å². The SMILES string of the molecule is CN1CCC[C@@H](CN=C(N)NC2CCCCC2)[C@@H]1c1ccnn1C.I. The molecule has 25 heavy (non-hydrogen) atoms. The Labute approximate surface area is 168 Å². The minimum absolute atomic E-state index is 0. The third-order valence-corrected chi connectivity index (χ3v) is 5.62. The number of nitrogens with two attached hydrogens (primary N) is 1. The molecule has 0 spiro atoms. The highest BCUT2D eigenvalue weighted by Gasteiger charge is 2.32. The molecular formula is C18H33IN6. The number of aromatic nitrogens is 2. The van der Waals surface area contributed by atoms with Crippen molar-refractivity contribution in [2.24, 2.45) is 23.7 Å². The Morgan fingerprint density at radius 3 is 2.68 bits per heavy atom. The molecule has 6 nitrogen and oxygen atoms in total. The largest absolute Gasteiger partial charge is 0.370 e. The van der Waals surface area contributed by atoms with E-state index in [0.717, 1.165) is 13.1 Å². The number of nitrogens with zero attached hydrogens (tertiary/aromatic N) is 4. The van der Waals surface area contributed by atoms with E-state index in [0.29, 0.717) is 24.0 Å². The van der Waals surface area contributed by atoms with Crippen LogP contribution < -0.4 is 11.1 Å². The van der Waals surface area contributed by atoms with Crippen molar-refractivity contribution in [2.45, 2.75) is 57.0 Å². The first-order chi connectivity index (χ1) is 11.6. The highest BCUT2D eigenvalue weighted by molar-refractivity contribution is 14.0. The third-order valence-electron chi connectivity index (χ3n) is 5.62. The summed E-state index contributed by atoms with van der Waals surface area (Å²) in [6.45, 7) is 1.91. The third kappa shape index (κ3) is 5.32. The Kier molecular flexibility index (Phi) is 7.99. The van der Waals surface area contributed by atoms with E-state index in [2.05, 4.69) is 28.4 Å². The fraction of sp³-hybridized carbons (Fsp3) is 0.778. The predicted octanol–water partition coefficient (Wildman–Crippen LogP) is 2.66. The van der Waals surface area contributed by atoms with Crippen LogP contribution in [0.1, 0.15) is 56.7 Å². The van der Waals surface area contributed by atoms with Crippen LogP contribution in [0.3, 0.4) is 0 Å². The lowest BCUT2D eigenvalue weighted by Crippen LogP contribution is -2.42. The van der Waals surface area contributed by atoms with Crippen LogP contribution in [-0.4, -0.2) is 46.8 Å². The van der Waals surface area contributed by atoms with Gasteiger partial charge in [0, 0.05) is 25.8 Å². The highest BCUT2D eigenvalue weighted by atomic mass is 127. The number of piperidine rings is 1. The number of likely N-dealkylation sites (tertiary alicyclic amines) is 1. The molecule has 1 aliphatic heterocycles. The summed E-state index contributed by atoms with van der Waals surface area (Å²) in [6, 6.07) is 3.02. The lowest BCUT2D eigenvalue weighted by molar-refractivity contribution is 0.119. The molecule has 1 aliphatic carbocycles. The Bertz CT molecular complexity index is 552. The van der Waals surface area contributed by atoms with Crippen molar-refractivity contribution in [1.82, 2.24) is 20.0 Å². The Morgan fingerprint density at radius 1 is 1.24 bits per heavy atom. The van der Waals surface area contributed by atoms with Gasteiger partial charge in [-0.05, 0) is 51.3 Å². The van der Waals surface area contributed by atoms with Gasteiger partial charge >= 0.3 is 0 Å². The van der Waals surface area contributed by atoms with Gasteiger partial charge in [-0.25, -0.2) is 0 Å². The number of nitrogens with one attached hydrogen (secondary N) is 1. The number of guanidine groups is 1. The zero-order valence-corrected chi connectivity index (χ0v) is 17.9. The first-order valence-electron chi connectivity index (χ1n) is 9.39. The quantitative estimate of drug-likeness (QED) is 0.412. The number of hydrogen-bond acceptors (Lipinski definition) is 3. The minimum Gasteiger partial charge on any atom is -0.370 e. The van der Waals surface area contributed by atoms with Crippen LogP contribution in [0.5, 0.6) is 0 Å². The second-order valence-corrected chi connectivity index (χ2v) is 7.41. The maximum atomic E-state index is 6.16. The van der Waals surface area contributed by atoms with Crippen molar-refractivity contribution in [3.8, 4) is 0 Å². The van der Waals surface area contributed by atoms with E-state index >= 15 is 0 Å². The van der Waals surface area contributed by atoms with Crippen LogP contribution in [0.4, 0.5) is 0 Å². The molecular weight excluding hydrogens is 427 g/mol. The predicted molar refractivity (Wildman–Crippen MR) is 113 cm³/mol. The first kappa shape index (κ1) is 20.5. The fourth-order valence-electron chi connectivity index (χ4n) is 4.31. The van der Waals surface area contributed by atoms with E-state index in [1.165, 1.54) is 50.6 Å². The van der Waals surface area contributed by atoms with E-state index in [1.54, 1.807) is 0 Å². The number of aryl methyl sites for hydroxylation is 1. The monoisotopic (exact) mass is 460 g/mol. The summed E-state index contributed by atoms with van der Waals surface area (Å²) in [5.41, 5.74) is 7.43. The van der Waals surface area contributed by atoms with Crippen molar-refractivity contribution in [3.05, 3.63) is 18.0 Å². The van der Waals surface area contributed by atoms with Crippen LogP contribution in [0.25, 0.3) is 0 Å². The van der Waals surface area contributed by atoms with Gasteiger partial charge in [0.25, 0.3) is 0 Å². The minimum atomic E-state index is 0. The molecule has 0 bridgehead atoms. The van der Waals surface area contributed by atoms with Gasteiger partial charge in [-0.2, -0.15) is 5.10 Å². The molecule has 1 saturated carbocycles. The van der Waals surface area contributed by atoms with Gasteiger partial charge in [0.1, 0.15) is 0 Å². The van der Waals surface area contributed by atoms with E-state index < -0.39 is 0 Å². The second-order valence-electron chi connectivity index (χ2n) is 7.41. The summed E-state index contributed by atoms with van der Waals surface area (Å²) in [5.74, 6) is 1.12. The van der Waals surface area contributed by atoms with Crippen molar-refractivity contribution in [2.75, 3.05) is 20.1 Å². The van der Waals surface area contributed by atoms with Gasteiger partial charge in [0.2, 0.25) is 0 Å². The standard InChI is InChI=1S/C18H32N6.HI/c1-23-12-6-7-14(17(23)16-10-11-21-24(16)2)13-20-18(19)22-15-8-4-3-5-9-15;/h10-11,14-15,17H,3-9,12-13H2,1-2H3,(H3,19,20,22);1H/t14-,17+;/m0./s1. The van der Waals surface area contributed by atoms with Gasteiger partial charge in [-0.1, -0.05) is 19.3 Å². The zero-order chi connectivity index (χ0) is 16.9. The molecule has 2 heterocycles. The molecule has 3 N–H and O–H groups in total. The van der Waals surface area contributed by atoms with Crippen molar-refractivity contribution in [1.29, 1.82) is 0 Å². The van der Waals surface area contributed by atoms with Crippen molar-refractivity contribution < 1.29 is 0 Å². The van der Waals surface area contributed by atoms with Gasteiger partial charge in [-0.3, -0.25) is 14.6 Å². The van der Waals surface area contributed by atoms with Crippen LogP contribution in [0, 0.1) is 5.92 Å². The molecule has 0 aromatic carbocycles. The average Bonchev–Trinajstić information content (AvgIpc) is 2.99. The van der Waals surface area contributed by atoms with Crippen LogP contribution in [0.15, 0.2) is 17.3 Å². The molecule has 3 rings (SSSR count). The summed E-state index contributed by atoms with van der Waals surface area (Å²) in [6.07, 6.45) is 10.7. The van der Waals surface area contributed by atoms with Gasteiger partial charge in [0.15, 0.2) is 5.96 Å². The summed E-state index contributed by atoms with van der Waals surface area (Å²) in [5, 5.41) is 7.78. The maximum absolute atomic E-state index is 6.16. The lowest BCUT2D eigenvalue weighted by atomic mass is 9.87. The van der Waals surface area contributed by atoms with Crippen molar-refractivity contribution >= 4 is 29.9 Å². The Balaban J connectivity index is 0.00000225. The number of aliphatic imine (C=N–C) groups is 1. The molecule has 1 saturated heterocycles. The van der Waals surface area contributed by atoms with Gasteiger partial charge in [0.05, 0.1) is 11.7 Å². The molecule has 1 aromatic heterocycles. The smallest absolute Gasteiger partial charge is 0.188 e. The maximum Gasteiger partial charge on any atom is 0.188 e. The first-order valence-corrected chi connectivity index (χ1v) is 9.39. The molecule has 2 fully saturated rings. The normalized spacial score (nSPS) is 26.2. The van der Waals surface area contributed by atoms with Crippen LogP contribution in [-0.2, 0) is 7.05 Å². The highest BCUT2D eigenvalue weighted by Crippen LogP contribution is 2.34. The molecule has 0 radical (unpaired) electrons. The van der Waals surface area contributed by atoms with Crippen LogP contribution >= 0.6 is 24.0 Å². The van der Waals surface area contributed by atoms with Crippen molar-refractivity contribution in [3.63, 3.8) is 0 Å². The van der Waals surface area contributed by atoms with E-state index in [9.17, 15) is 0 Å². The molecule has 0 amide bonds. The molecule has 1 aromatic rings. The number of halogens is 1. The van der Waals surface area contributed by atoms with E-state index in [-0.39, 0.29) is 24.0 Å². The Morgan fingerprint density at radius 2 is 2.00 bits per heavy atom. The lowest BCUT2D eigenvalue weighted by Gasteiger charge is -2.38. The zero-order valence-electron chi connectivity index (χ0n) is 15.5.